The lowest BCUT2D eigenvalue weighted by atomic mass is 9.63. The minimum atomic E-state index is -3.18. The van der Waals surface area contributed by atoms with E-state index in [0.29, 0.717) is 11.3 Å². The molecule has 0 unspecified atom stereocenters. The van der Waals surface area contributed by atoms with E-state index >= 15 is 0 Å². The zero-order valence-corrected chi connectivity index (χ0v) is 16.8. The van der Waals surface area contributed by atoms with Gasteiger partial charge in [-0.1, -0.05) is 37.3 Å². The molecule has 1 amide bonds. The molecule has 1 saturated heterocycles. The van der Waals surface area contributed by atoms with E-state index in [-0.39, 0.29) is 17.4 Å². The molecule has 1 aliphatic heterocycles. The molecular formula is C22H25NO3S. The molecule has 2 atom stereocenters. The highest BCUT2D eigenvalue weighted by atomic mass is 32.2. The summed E-state index contributed by atoms with van der Waals surface area (Å²) in [6.45, 7) is 2.29. The van der Waals surface area contributed by atoms with E-state index in [0.717, 1.165) is 30.4 Å². The minimum absolute atomic E-state index is 0.00885. The molecule has 0 bridgehead atoms. The van der Waals surface area contributed by atoms with Gasteiger partial charge in [-0.2, -0.15) is 0 Å². The Kier molecular flexibility index (Phi) is 4.18. The fraction of sp³-hybridized carbons (Fsp3) is 0.409. The van der Waals surface area contributed by atoms with Crippen LogP contribution in [0.1, 0.15) is 37.3 Å². The number of benzene rings is 2. The predicted octanol–water partition coefficient (Wildman–Crippen LogP) is 3.58. The van der Waals surface area contributed by atoms with Crippen LogP contribution < -0.4 is 0 Å². The molecule has 1 fully saturated rings. The summed E-state index contributed by atoms with van der Waals surface area (Å²) in [5.74, 6) is 0.253. The first-order chi connectivity index (χ1) is 12.7. The van der Waals surface area contributed by atoms with Gasteiger partial charge in [0.1, 0.15) is 0 Å². The van der Waals surface area contributed by atoms with E-state index in [2.05, 4.69) is 25.1 Å². The number of amides is 1. The van der Waals surface area contributed by atoms with E-state index in [1.54, 1.807) is 12.1 Å². The number of fused-ring (bicyclic) bond motifs is 3. The molecule has 0 spiro atoms. The summed E-state index contributed by atoms with van der Waals surface area (Å²) < 4.78 is 23.3. The lowest BCUT2D eigenvalue weighted by Crippen LogP contribution is -2.56. The number of carbonyl (C=O) groups excluding carboxylic acids is 1. The fourth-order valence-electron chi connectivity index (χ4n) is 4.86. The van der Waals surface area contributed by atoms with Gasteiger partial charge < -0.3 is 4.90 Å². The van der Waals surface area contributed by atoms with Gasteiger partial charge in [-0.05, 0) is 53.6 Å². The van der Waals surface area contributed by atoms with Crippen molar-refractivity contribution in [3.8, 4) is 11.1 Å². The van der Waals surface area contributed by atoms with Crippen molar-refractivity contribution in [3.63, 3.8) is 0 Å². The maximum Gasteiger partial charge on any atom is 0.222 e. The van der Waals surface area contributed by atoms with Gasteiger partial charge in [0.15, 0.2) is 9.84 Å². The van der Waals surface area contributed by atoms with Gasteiger partial charge in [-0.15, -0.1) is 0 Å². The quantitative estimate of drug-likeness (QED) is 0.796. The number of hydrogen-bond donors (Lipinski definition) is 0. The second-order valence-electron chi connectivity index (χ2n) is 8.15. The summed E-state index contributed by atoms with van der Waals surface area (Å²) in [4.78, 5) is 14.4. The molecule has 0 aromatic heterocycles. The van der Waals surface area contributed by atoms with Gasteiger partial charge >= 0.3 is 0 Å². The third-order valence-corrected chi connectivity index (χ3v) is 7.61. The Morgan fingerprint density at radius 2 is 1.70 bits per heavy atom. The second-order valence-corrected chi connectivity index (χ2v) is 10.2. The van der Waals surface area contributed by atoms with Gasteiger partial charge in [0.05, 0.1) is 4.90 Å². The largest absolute Gasteiger partial charge is 0.342 e. The molecule has 1 heterocycles. The highest BCUT2D eigenvalue weighted by Crippen LogP contribution is 2.46. The summed E-state index contributed by atoms with van der Waals surface area (Å²) in [5, 5.41) is 0. The van der Waals surface area contributed by atoms with Crippen LogP contribution in [0.3, 0.4) is 0 Å². The van der Waals surface area contributed by atoms with E-state index in [4.69, 9.17) is 0 Å². The van der Waals surface area contributed by atoms with Gasteiger partial charge in [-0.25, -0.2) is 8.42 Å². The Hall–Kier alpha value is -2.14. The van der Waals surface area contributed by atoms with Crippen molar-refractivity contribution in [2.75, 3.05) is 13.3 Å². The number of aryl methyl sites for hydroxylation is 1. The molecule has 27 heavy (non-hydrogen) atoms. The average Bonchev–Trinajstić information content (AvgIpc) is 2.64. The highest BCUT2D eigenvalue weighted by Gasteiger charge is 2.46. The summed E-state index contributed by atoms with van der Waals surface area (Å²) in [7, 11) is -1.24. The van der Waals surface area contributed by atoms with Gasteiger partial charge in [0, 0.05) is 31.2 Å². The molecule has 2 aromatic carbocycles. The van der Waals surface area contributed by atoms with E-state index in [1.807, 2.05) is 24.1 Å². The average molecular weight is 384 g/mol. The number of piperidine rings is 1. The van der Waals surface area contributed by atoms with Crippen LogP contribution in [-0.4, -0.2) is 38.6 Å². The van der Waals surface area contributed by atoms with Crippen LogP contribution in [0.4, 0.5) is 0 Å². The minimum Gasteiger partial charge on any atom is -0.342 e. The number of likely N-dealkylation sites (tertiary alicyclic amines) is 1. The number of sulfone groups is 1. The first-order valence-corrected chi connectivity index (χ1v) is 11.3. The maximum absolute atomic E-state index is 12.1. The van der Waals surface area contributed by atoms with Crippen LogP contribution in [0.25, 0.3) is 11.1 Å². The molecule has 2 aliphatic rings. The zero-order chi connectivity index (χ0) is 19.4. The highest BCUT2D eigenvalue weighted by molar-refractivity contribution is 7.90. The summed E-state index contributed by atoms with van der Waals surface area (Å²) in [6, 6.07) is 13.9. The molecule has 1 aliphatic carbocycles. The maximum atomic E-state index is 12.1. The topological polar surface area (TPSA) is 54.5 Å². The molecule has 142 valence electrons. The monoisotopic (exact) mass is 383 g/mol. The summed E-state index contributed by atoms with van der Waals surface area (Å²) in [5.41, 5.74) is 4.84. The molecule has 4 nitrogen and oxygen atoms in total. The standard InChI is InChI=1S/C22H25NO3S/c1-22-13-12-21(24)23(2)20(22)11-7-17-14-16(6-10-19(17)22)15-4-8-18(9-5-15)27(3,25)26/h4-6,8-10,14,20H,7,11-13H2,1-3H3/t20-,22-/m1/s1. The lowest BCUT2D eigenvalue weighted by Gasteiger charge is -2.50. The summed E-state index contributed by atoms with van der Waals surface area (Å²) in [6.07, 6.45) is 4.68. The van der Waals surface area contributed by atoms with Crippen LogP contribution in [-0.2, 0) is 26.5 Å². The Balaban J connectivity index is 1.70. The van der Waals surface area contributed by atoms with Crippen LogP contribution in [0.2, 0.25) is 0 Å². The number of rotatable bonds is 2. The first kappa shape index (κ1) is 18.2. The fourth-order valence-corrected chi connectivity index (χ4v) is 5.49. The third kappa shape index (κ3) is 2.98. The molecule has 5 heteroatoms. The molecule has 4 rings (SSSR count). The smallest absolute Gasteiger partial charge is 0.222 e. The first-order valence-electron chi connectivity index (χ1n) is 9.40. The number of hydrogen-bond acceptors (Lipinski definition) is 3. The normalized spacial score (nSPS) is 25.1. The van der Waals surface area contributed by atoms with Crippen molar-refractivity contribution in [3.05, 3.63) is 53.6 Å². The van der Waals surface area contributed by atoms with Crippen molar-refractivity contribution in [1.82, 2.24) is 4.90 Å². The molecule has 0 saturated carbocycles. The molecule has 0 radical (unpaired) electrons. The van der Waals surface area contributed by atoms with Gasteiger partial charge in [0.2, 0.25) is 5.91 Å². The number of nitrogens with zero attached hydrogens (tertiary/aromatic N) is 1. The van der Waals surface area contributed by atoms with Crippen LogP contribution in [0.15, 0.2) is 47.4 Å². The molecule has 0 N–H and O–H groups in total. The predicted molar refractivity (Wildman–Crippen MR) is 106 cm³/mol. The Labute approximate surface area is 161 Å². The van der Waals surface area contributed by atoms with Crippen LogP contribution in [0.5, 0.6) is 0 Å². The Morgan fingerprint density at radius 1 is 1.04 bits per heavy atom. The third-order valence-electron chi connectivity index (χ3n) is 6.48. The van der Waals surface area contributed by atoms with Gasteiger partial charge in [-0.3, -0.25) is 4.79 Å². The van der Waals surface area contributed by atoms with Gasteiger partial charge in [0.25, 0.3) is 0 Å². The van der Waals surface area contributed by atoms with E-state index in [1.165, 1.54) is 17.4 Å². The van der Waals surface area contributed by atoms with Crippen LogP contribution in [0, 0.1) is 0 Å². The SMILES string of the molecule is CN1C(=O)CC[C@]2(C)c3ccc(-c4ccc(S(C)(=O)=O)cc4)cc3CC[C@@H]12. The zero-order valence-electron chi connectivity index (χ0n) is 16.0. The van der Waals surface area contributed by atoms with Crippen molar-refractivity contribution >= 4 is 15.7 Å². The number of carbonyl (C=O) groups is 1. The van der Waals surface area contributed by atoms with E-state index in [9.17, 15) is 13.2 Å². The van der Waals surface area contributed by atoms with Crippen molar-refractivity contribution < 1.29 is 13.2 Å². The van der Waals surface area contributed by atoms with E-state index < -0.39 is 9.84 Å². The van der Waals surface area contributed by atoms with Crippen molar-refractivity contribution in [2.45, 2.75) is 49.0 Å². The Bertz CT molecular complexity index is 1010. The second kappa shape index (κ2) is 6.20. The number of likely N-dealkylation sites (N-methyl/N-ethyl adjacent to an activating group) is 1. The Morgan fingerprint density at radius 3 is 2.37 bits per heavy atom. The van der Waals surface area contributed by atoms with Crippen molar-refractivity contribution in [1.29, 1.82) is 0 Å². The molecular weight excluding hydrogens is 358 g/mol. The van der Waals surface area contributed by atoms with Crippen LogP contribution >= 0.6 is 0 Å². The molecule has 2 aromatic rings. The summed E-state index contributed by atoms with van der Waals surface area (Å²) >= 11 is 0. The lowest BCUT2D eigenvalue weighted by molar-refractivity contribution is -0.138. The van der Waals surface area contributed by atoms with Crippen molar-refractivity contribution in [2.24, 2.45) is 0 Å².